The van der Waals surface area contributed by atoms with Gasteiger partial charge in [-0.2, -0.15) is 0 Å². The quantitative estimate of drug-likeness (QED) is 0.590. The summed E-state index contributed by atoms with van der Waals surface area (Å²) in [5, 5.41) is 3.21. The van der Waals surface area contributed by atoms with Crippen LogP contribution in [0, 0.1) is 0 Å². The molecular formula is C18H15BrO. The Bertz CT molecular complexity index is 707. The zero-order valence-corrected chi connectivity index (χ0v) is 12.6. The van der Waals surface area contributed by atoms with Crippen LogP contribution in [0.5, 0.6) is 5.75 Å². The van der Waals surface area contributed by atoms with Crippen LogP contribution in [0.25, 0.3) is 10.8 Å². The Morgan fingerprint density at radius 1 is 0.800 bits per heavy atom. The number of rotatable bonds is 4. The Kier molecular flexibility index (Phi) is 4.03. The highest BCUT2D eigenvalue weighted by molar-refractivity contribution is 9.08. The first kappa shape index (κ1) is 13.2. The Balaban J connectivity index is 1.93. The van der Waals surface area contributed by atoms with E-state index in [2.05, 4.69) is 58.4 Å². The summed E-state index contributed by atoms with van der Waals surface area (Å²) in [5.41, 5.74) is 2.41. The van der Waals surface area contributed by atoms with Crippen LogP contribution in [-0.4, -0.2) is 0 Å². The average molecular weight is 327 g/mol. The number of hydrogen-bond acceptors (Lipinski definition) is 1. The Morgan fingerprint density at radius 3 is 2.35 bits per heavy atom. The number of ether oxygens (including phenoxy) is 1. The van der Waals surface area contributed by atoms with Crippen molar-refractivity contribution in [1.82, 2.24) is 0 Å². The lowest BCUT2D eigenvalue weighted by Crippen LogP contribution is -1.96. The molecular weight excluding hydrogens is 312 g/mol. The number of alkyl halides is 1. The molecule has 0 aromatic heterocycles. The van der Waals surface area contributed by atoms with E-state index in [4.69, 9.17) is 4.74 Å². The van der Waals surface area contributed by atoms with E-state index in [-0.39, 0.29) is 0 Å². The lowest BCUT2D eigenvalue weighted by atomic mass is 10.1. The average Bonchev–Trinajstić information content (AvgIpc) is 2.53. The van der Waals surface area contributed by atoms with Gasteiger partial charge in [0, 0.05) is 10.7 Å². The molecule has 2 heteroatoms. The Labute approximate surface area is 127 Å². The minimum absolute atomic E-state index is 0.594. The van der Waals surface area contributed by atoms with Gasteiger partial charge in [-0.05, 0) is 22.6 Å². The summed E-state index contributed by atoms with van der Waals surface area (Å²) in [6.45, 7) is 0.594. The maximum Gasteiger partial charge on any atom is 0.127 e. The van der Waals surface area contributed by atoms with E-state index in [9.17, 15) is 0 Å². The third-order valence-electron chi connectivity index (χ3n) is 3.28. The van der Waals surface area contributed by atoms with Gasteiger partial charge in [-0.3, -0.25) is 0 Å². The molecule has 1 nitrogen and oxygen atoms in total. The van der Waals surface area contributed by atoms with Gasteiger partial charge in [0.05, 0.1) is 0 Å². The van der Waals surface area contributed by atoms with Crippen molar-refractivity contribution in [2.45, 2.75) is 11.9 Å². The molecule has 0 aliphatic carbocycles. The monoisotopic (exact) mass is 326 g/mol. The van der Waals surface area contributed by atoms with Crippen LogP contribution in [0.1, 0.15) is 11.1 Å². The van der Waals surface area contributed by atoms with E-state index in [1.54, 1.807) is 0 Å². The number of halogens is 1. The van der Waals surface area contributed by atoms with Crippen LogP contribution in [-0.2, 0) is 11.9 Å². The minimum atomic E-state index is 0.594. The molecule has 0 amide bonds. The third kappa shape index (κ3) is 2.86. The van der Waals surface area contributed by atoms with E-state index in [0.29, 0.717) is 6.61 Å². The van der Waals surface area contributed by atoms with Crippen molar-refractivity contribution >= 4 is 26.7 Å². The molecule has 3 aromatic rings. The van der Waals surface area contributed by atoms with Crippen molar-refractivity contribution in [2.75, 3.05) is 0 Å². The molecule has 0 aliphatic heterocycles. The van der Waals surface area contributed by atoms with Gasteiger partial charge >= 0.3 is 0 Å². The molecule has 0 fully saturated rings. The normalized spacial score (nSPS) is 10.7. The standard InChI is InChI=1S/C18H15BrO/c19-12-15-10-16-8-4-5-9-17(16)18(11-15)20-13-14-6-2-1-3-7-14/h1-11H,12-13H2. The van der Waals surface area contributed by atoms with Gasteiger partial charge in [-0.25, -0.2) is 0 Å². The number of hydrogen-bond donors (Lipinski definition) is 0. The minimum Gasteiger partial charge on any atom is -0.488 e. The highest BCUT2D eigenvalue weighted by Crippen LogP contribution is 2.29. The van der Waals surface area contributed by atoms with Crippen molar-refractivity contribution in [2.24, 2.45) is 0 Å². The largest absolute Gasteiger partial charge is 0.488 e. The highest BCUT2D eigenvalue weighted by atomic mass is 79.9. The summed E-state index contributed by atoms with van der Waals surface area (Å²) in [7, 11) is 0. The SMILES string of the molecule is BrCc1cc(OCc2ccccc2)c2ccccc2c1. The second-order valence-electron chi connectivity index (χ2n) is 4.72. The second kappa shape index (κ2) is 6.10. The molecule has 3 aromatic carbocycles. The zero-order valence-electron chi connectivity index (χ0n) is 11.1. The molecule has 0 N–H and O–H groups in total. The van der Waals surface area contributed by atoms with Crippen molar-refractivity contribution < 1.29 is 4.74 Å². The van der Waals surface area contributed by atoms with E-state index < -0.39 is 0 Å². The first-order valence-electron chi connectivity index (χ1n) is 6.61. The van der Waals surface area contributed by atoms with Crippen LogP contribution in [0.3, 0.4) is 0 Å². The maximum atomic E-state index is 6.03. The molecule has 0 radical (unpaired) electrons. The van der Waals surface area contributed by atoms with Crippen molar-refractivity contribution in [3.05, 3.63) is 77.9 Å². The van der Waals surface area contributed by atoms with Crippen LogP contribution in [0.2, 0.25) is 0 Å². The molecule has 100 valence electrons. The molecule has 0 bridgehead atoms. The Morgan fingerprint density at radius 2 is 1.55 bits per heavy atom. The second-order valence-corrected chi connectivity index (χ2v) is 5.28. The first-order valence-corrected chi connectivity index (χ1v) is 7.73. The smallest absolute Gasteiger partial charge is 0.127 e. The summed E-state index contributed by atoms with van der Waals surface area (Å²) in [4.78, 5) is 0. The first-order chi connectivity index (χ1) is 9.86. The molecule has 0 heterocycles. The van der Waals surface area contributed by atoms with Crippen LogP contribution in [0.15, 0.2) is 66.7 Å². The van der Waals surface area contributed by atoms with Crippen LogP contribution < -0.4 is 4.74 Å². The molecule has 3 rings (SSSR count). The van der Waals surface area contributed by atoms with Gasteiger partial charge < -0.3 is 4.74 Å². The molecule has 20 heavy (non-hydrogen) atoms. The third-order valence-corrected chi connectivity index (χ3v) is 3.92. The molecule has 0 aliphatic rings. The van der Waals surface area contributed by atoms with Crippen LogP contribution >= 0.6 is 15.9 Å². The van der Waals surface area contributed by atoms with Gasteiger partial charge in [0.2, 0.25) is 0 Å². The lowest BCUT2D eigenvalue weighted by Gasteiger charge is -2.11. The van der Waals surface area contributed by atoms with Crippen molar-refractivity contribution in [3.63, 3.8) is 0 Å². The summed E-state index contributed by atoms with van der Waals surface area (Å²) in [6.07, 6.45) is 0. The van der Waals surface area contributed by atoms with Gasteiger partial charge in [0.15, 0.2) is 0 Å². The summed E-state index contributed by atoms with van der Waals surface area (Å²) >= 11 is 3.52. The molecule has 0 saturated carbocycles. The zero-order chi connectivity index (χ0) is 13.8. The summed E-state index contributed by atoms with van der Waals surface area (Å²) in [5.74, 6) is 0.946. The number of fused-ring (bicyclic) bond motifs is 1. The lowest BCUT2D eigenvalue weighted by molar-refractivity contribution is 0.310. The summed E-state index contributed by atoms with van der Waals surface area (Å²) < 4.78 is 6.03. The van der Waals surface area contributed by atoms with Gasteiger partial charge in [-0.1, -0.05) is 76.6 Å². The predicted molar refractivity (Wildman–Crippen MR) is 87.4 cm³/mol. The summed E-state index contributed by atoms with van der Waals surface area (Å²) in [6, 6.07) is 22.9. The fourth-order valence-corrected chi connectivity index (χ4v) is 2.59. The van der Waals surface area contributed by atoms with E-state index in [1.807, 2.05) is 24.3 Å². The van der Waals surface area contributed by atoms with E-state index in [1.165, 1.54) is 16.5 Å². The molecule has 0 spiro atoms. The maximum absolute atomic E-state index is 6.03. The van der Waals surface area contributed by atoms with E-state index in [0.717, 1.165) is 16.5 Å². The Hall–Kier alpha value is -1.80. The fraction of sp³-hybridized carbons (Fsp3) is 0.111. The molecule has 0 unspecified atom stereocenters. The van der Waals surface area contributed by atoms with E-state index >= 15 is 0 Å². The van der Waals surface area contributed by atoms with Crippen LogP contribution in [0.4, 0.5) is 0 Å². The van der Waals surface area contributed by atoms with Crippen molar-refractivity contribution in [1.29, 1.82) is 0 Å². The van der Waals surface area contributed by atoms with Gasteiger partial charge in [0.1, 0.15) is 12.4 Å². The van der Waals surface area contributed by atoms with Crippen molar-refractivity contribution in [3.8, 4) is 5.75 Å². The molecule has 0 saturated heterocycles. The highest BCUT2D eigenvalue weighted by Gasteiger charge is 2.05. The van der Waals surface area contributed by atoms with Gasteiger partial charge in [-0.15, -0.1) is 0 Å². The van der Waals surface area contributed by atoms with Gasteiger partial charge in [0.25, 0.3) is 0 Å². The molecule has 0 atom stereocenters. The topological polar surface area (TPSA) is 9.23 Å². The number of benzene rings is 3. The fourth-order valence-electron chi connectivity index (χ4n) is 2.27. The predicted octanol–water partition coefficient (Wildman–Crippen LogP) is 5.31.